The molecule has 0 aliphatic rings. The van der Waals surface area contributed by atoms with Crippen LogP contribution in [0, 0.1) is 0 Å². The number of hydrogen-bond acceptors (Lipinski definition) is 3. The van der Waals surface area contributed by atoms with Gasteiger partial charge in [0.1, 0.15) is 5.82 Å². The normalized spacial score (nSPS) is 11.7. The van der Waals surface area contributed by atoms with Gasteiger partial charge < -0.3 is 5.11 Å². The number of hydrogen-bond donors (Lipinski definition) is 1. The van der Waals surface area contributed by atoms with Gasteiger partial charge >= 0.3 is 5.97 Å². The molecule has 0 amide bonds. The molecular weight excluding hydrogens is 346 g/mol. The third-order valence-corrected chi connectivity index (χ3v) is 3.83. The third-order valence-electron chi connectivity index (χ3n) is 2.62. The van der Waals surface area contributed by atoms with Crippen molar-refractivity contribution < 1.29 is 9.90 Å². The number of rotatable bonds is 2. The number of aromatic nitrogens is 3. The molecule has 0 unspecified atom stereocenters. The fourth-order valence-corrected chi connectivity index (χ4v) is 2.17. The molecular formula is C13H13BrClN3O2. The maximum Gasteiger partial charge on any atom is 0.375 e. The lowest BCUT2D eigenvalue weighted by Crippen LogP contribution is -2.18. The van der Waals surface area contributed by atoms with Crippen LogP contribution in [0.4, 0.5) is 0 Å². The van der Waals surface area contributed by atoms with Crippen molar-refractivity contribution in [2.24, 2.45) is 0 Å². The predicted octanol–water partition coefficient (Wildman–Crippen LogP) is 3.68. The zero-order valence-electron chi connectivity index (χ0n) is 11.2. The van der Waals surface area contributed by atoms with Gasteiger partial charge in [0.15, 0.2) is 0 Å². The monoisotopic (exact) mass is 357 g/mol. The van der Waals surface area contributed by atoms with Gasteiger partial charge in [0.2, 0.25) is 0 Å². The van der Waals surface area contributed by atoms with Gasteiger partial charge in [0.05, 0.1) is 10.7 Å². The number of carboxylic acid groups (broad SMARTS) is 1. The van der Waals surface area contributed by atoms with Crippen LogP contribution < -0.4 is 0 Å². The first kappa shape index (κ1) is 15.0. The largest absolute Gasteiger partial charge is 0.475 e. The van der Waals surface area contributed by atoms with Crippen molar-refractivity contribution in [3.63, 3.8) is 0 Å². The lowest BCUT2D eigenvalue weighted by Gasteiger charge is -2.18. The molecule has 0 spiro atoms. The minimum absolute atomic E-state index is 0.221. The van der Waals surface area contributed by atoms with Crippen LogP contribution in [0.2, 0.25) is 5.02 Å². The summed E-state index contributed by atoms with van der Waals surface area (Å²) in [4.78, 5) is 15.2. The lowest BCUT2D eigenvalue weighted by atomic mass is 9.95. The van der Waals surface area contributed by atoms with Crippen LogP contribution in [0.5, 0.6) is 0 Å². The second-order valence-electron chi connectivity index (χ2n) is 5.32. The van der Waals surface area contributed by atoms with Gasteiger partial charge in [-0.25, -0.2) is 14.5 Å². The van der Waals surface area contributed by atoms with Crippen LogP contribution in [0.25, 0.3) is 5.69 Å². The van der Waals surface area contributed by atoms with Crippen molar-refractivity contribution in [3.05, 3.63) is 39.3 Å². The van der Waals surface area contributed by atoms with E-state index in [9.17, 15) is 4.79 Å². The predicted molar refractivity (Wildman–Crippen MR) is 79.7 cm³/mol. The average Bonchev–Trinajstić information content (AvgIpc) is 2.77. The summed E-state index contributed by atoms with van der Waals surface area (Å²) < 4.78 is 2.24. The van der Waals surface area contributed by atoms with E-state index >= 15 is 0 Å². The highest BCUT2D eigenvalue weighted by molar-refractivity contribution is 9.10. The Kier molecular flexibility index (Phi) is 3.88. The summed E-state index contributed by atoms with van der Waals surface area (Å²) in [6, 6.07) is 5.26. The summed E-state index contributed by atoms with van der Waals surface area (Å²) in [6.45, 7) is 5.85. The summed E-state index contributed by atoms with van der Waals surface area (Å²) in [5.74, 6) is -0.799. The van der Waals surface area contributed by atoms with Crippen molar-refractivity contribution in [2.75, 3.05) is 0 Å². The zero-order chi connectivity index (χ0) is 15.1. The first-order valence-electron chi connectivity index (χ1n) is 5.86. The quantitative estimate of drug-likeness (QED) is 0.889. The van der Waals surface area contributed by atoms with E-state index in [1.807, 2.05) is 20.8 Å². The van der Waals surface area contributed by atoms with E-state index in [-0.39, 0.29) is 11.2 Å². The molecule has 0 fully saturated rings. The van der Waals surface area contributed by atoms with Crippen LogP contribution in [0.1, 0.15) is 37.2 Å². The minimum Gasteiger partial charge on any atom is -0.475 e. The standard InChI is InChI=1S/C13H13BrClN3O2/c1-13(2,3)12-16-10(11(19)20)17-18(12)7-4-5-9(15)8(14)6-7/h4-6H,1-3H3,(H,19,20). The van der Waals surface area contributed by atoms with Gasteiger partial charge in [-0.2, -0.15) is 0 Å². The first-order chi connectivity index (χ1) is 9.20. The first-order valence-corrected chi connectivity index (χ1v) is 7.03. The van der Waals surface area contributed by atoms with Gasteiger partial charge in [-0.3, -0.25) is 0 Å². The van der Waals surface area contributed by atoms with Crippen LogP contribution in [-0.4, -0.2) is 25.8 Å². The van der Waals surface area contributed by atoms with Crippen LogP contribution in [0.15, 0.2) is 22.7 Å². The van der Waals surface area contributed by atoms with Gasteiger partial charge in [0.25, 0.3) is 5.82 Å². The fraction of sp³-hybridized carbons (Fsp3) is 0.308. The Bertz CT molecular complexity index is 677. The average molecular weight is 359 g/mol. The van der Waals surface area contributed by atoms with Gasteiger partial charge in [0, 0.05) is 9.89 Å². The van der Waals surface area contributed by atoms with Crippen molar-refractivity contribution in [1.29, 1.82) is 0 Å². The highest BCUT2D eigenvalue weighted by atomic mass is 79.9. The molecule has 0 radical (unpaired) electrons. The van der Waals surface area contributed by atoms with Crippen molar-refractivity contribution in [1.82, 2.24) is 14.8 Å². The third kappa shape index (κ3) is 2.86. The number of halogens is 2. The molecule has 1 aromatic heterocycles. The number of benzene rings is 1. The smallest absolute Gasteiger partial charge is 0.375 e. The number of nitrogens with zero attached hydrogens (tertiary/aromatic N) is 3. The molecule has 7 heteroatoms. The van der Waals surface area contributed by atoms with Crippen LogP contribution in [-0.2, 0) is 5.41 Å². The van der Waals surface area contributed by atoms with E-state index in [2.05, 4.69) is 26.0 Å². The van der Waals surface area contributed by atoms with Crippen molar-refractivity contribution in [2.45, 2.75) is 26.2 Å². The molecule has 20 heavy (non-hydrogen) atoms. The number of aromatic carboxylic acids is 1. The molecule has 2 rings (SSSR count). The molecule has 0 saturated carbocycles. The molecule has 0 aliphatic heterocycles. The molecule has 0 aliphatic carbocycles. The Balaban J connectivity index is 2.65. The number of carboxylic acids is 1. The molecule has 1 heterocycles. The lowest BCUT2D eigenvalue weighted by molar-refractivity contribution is 0.0683. The Morgan fingerprint density at radius 2 is 2.05 bits per heavy atom. The summed E-state index contributed by atoms with van der Waals surface area (Å²) in [5.41, 5.74) is 0.360. The van der Waals surface area contributed by atoms with E-state index in [0.717, 1.165) is 0 Å². The Morgan fingerprint density at radius 1 is 1.40 bits per heavy atom. The highest BCUT2D eigenvalue weighted by Gasteiger charge is 2.26. The SMILES string of the molecule is CC(C)(C)c1nc(C(=O)O)nn1-c1ccc(Cl)c(Br)c1. The van der Waals surface area contributed by atoms with Crippen molar-refractivity contribution in [3.8, 4) is 5.69 Å². The van der Waals surface area contributed by atoms with Crippen LogP contribution >= 0.6 is 27.5 Å². The van der Waals surface area contributed by atoms with E-state index < -0.39 is 5.97 Å². The summed E-state index contributed by atoms with van der Waals surface area (Å²) >= 11 is 9.31. The molecule has 106 valence electrons. The molecule has 0 saturated heterocycles. The second kappa shape index (κ2) is 5.18. The maximum atomic E-state index is 11.1. The van der Waals surface area contributed by atoms with Gasteiger partial charge in [-0.1, -0.05) is 32.4 Å². The molecule has 0 atom stereocenters. The highest BCUT2D eigenvalue weighted by Crippen LogP contribution is 2.28. The Hall–Kier alpha value is -1.40. The zero-order valence-corrected chi connectivity index (χ0v) is 13.5. The fourth-order valence-electron chi connectivity index (χ4n) is 1.68. The number of carbonyl (C=O) groups is 1. The molecule has 5 nitrogen and oxygen atoms in total. The van der Waals surface area contributed by atoms with E-state index in [1.54, 1.807) is 18.2 Å². The van der Waals surface area contributed by atoms with E-state index in [4.69, 9.17) is 16.7 Å². The molecule has 2 aromatic rings. The molecule has 0 bridgehead atoms. The molecule has 1 N–H and O–H groups in total. The Labute approximate surface area is 129 Å². The summed E-state index contributed by atoms with van der Waals surface area (Å²) in [7, 11) is 0. The van der Waals surface area contributed by atoms with E-state index in [0.29, 0.717) is 21.0 Å². The summed E-state index contributed by atoms with van der Waals surface area (Å²) in [5, 5.41) is 13.7. The minimum atomic E-state index is -1.15. The second-order valence-corrected chi connectivity index (χ2v) is 6.59. The van der Waals surface area contributed by atoms with Crippen LogP contribution in [0.3, 0.4) is 0 Å². The Morgan fingerprint density at radius 3 is 2.55 bits per heavy atom. The molecule has 1 aromatic carbocycles. The topological polar surface area (TPSA) is 68.0 Å². The summed E-state index contributed by atoms with van der Waals surface area (Å²) in [6.07, 6.45) is 0. The van der Waals surface area contributed by atoms with E-state index in [1.165, 1.54) is 4.68 Å². The van der Waals surface area contributed by atoms with Gasteiger partial charge in [-0.05, 0) is 34.1 Å². The van der Waals surface area contributed by atoms with Crippen molar-refractivity contribution >= 4 is 33.5 Å². The maximum absolute atomic E-state index is 11.1. The van der Waals surface area contributed by atoms with Gasteiger partial charge in [-0.15, -0.1) is 5.10 Å².